The average molecular weight is 237 g/mol. The van der Waals surface area contributed by atoms with Gasteiger partial charge < -0.3 is 15.5 Å². The van der Waals surface area contributed by atoms with Crippen molar-refractivity contribution >= 4 is 5.91 Å². The van der Waals surface area contributed by atoms with E-state index in [1.165, 1.54) is 6.07 Å². The third-order valence-corrected chi connectivity index (χ3v) is 3.03. The number of phenols is 1. The van der Waals surface area contributed by atoms with E-state index in [9.17, 15) is 15.0 Å². The third kappa shape index (κ3) is 2.97. The summed E-state index contributed by atoms with van der Waals surface area (Å²) in [5.74, 6) is -0.211. The zero-order valence-electron chi connectivity index (χ0n) is 10.6. The Morgan fingerprint density at radius 2 is 2.00 bits per heavy atom. The molecule has 1 amide bonds. The molecule has 1 atom stereocenters. The molecule has 0 spiro atoms. The first-order valence-corrected chi connectivity index (χ1v) is 5.55. The highest BCUT2D eigenvalue weighted by Crippen LogP contribution is 2.20. The summed E-state index contributed by atoms with van der Waals surface area (Å²) in [5, 5.41) is 21.8. The third-order valence-electron chi connectivity index (χ3n) is 3.03. The van der Waals surface area contributed by atoms with Gasteiger partial charge in [0.05, 0.1) is 11.6 Å². The Morgan fingerprint density at radius 3 is 2.53 bits per heavy atom. The number of aliphatic hydroxyl groups is 1. The highest BCUT2D eigenvalue weighted by Gasteiger charge is 2.27. The van der Waals surface area contributed by atoms with E-state index < -0.39 is 11.6 Å². The van der Waals surface area contributed by atoms with E-state index in [0.29, 0.717) is 11.1 Å². The van der Waals surface area contributed by atoms with Gasteiger partial charge in [0.25, 0.3) is 5.91 Å². The van der Waals surface area contributed by atoms with Gasteiger partial charge in [-0.05, 0) is 39.8 Å². The molecule has 0 heterocycles. The molecule has 0 fully saturated rings. The van der Waals surface area contributed by atoms with Crippen molar-refractivity contribution in [1.82, 2.24) is 5.32 Å². The maximum Gasteiger partial charge on any atom is 0.252 e. The number of hydrogen-bond donors (Lipinski definition) is 3. The van der Waals surface area contributed by atoms with E-state index in [1.54, 1.807) is 39.8 Å². The lowest BCUT2D eigenvalue weighted by Crippen LogP contribution is -2.51. The van der Waals surface area contributed by atoms with Crippen molar-refractivity contribution in [3.8, 4) is 5.75 Å². The van der Waals surface area contributed by atoms with Gasteiger partial charge in [-0.1, -0.05) is 6.07 Å². The van der Waals surface area contributed by atoms with Gasteiger partial charge in [-0.25, -0.2) is 0 Å². The number of rotatable bonds is 3. The molecule has 0 aliphatic carbocycles. The summed E-state index contributed by atoms with van der Waals surface area (Å²) in [5.41, 5.74) is 0.236. The van der Waals surface area contributed by atoms with Crippen LogP contribution in [0.4, 0.5) is 0 Å². The number of benzene rings is 1. The highest BCUT2D eigenvalue weighted by molar-refractivity contribution is 5.96. The van der Waals surface area contributed by atoms with Crippen LogP contribution >= 0.6 is 0 Å². The number of aliphatic hydroxyl groups excluding tert-OH is 1. The fourth-order valence-corrected chi connectivity index (χ4v) is 1.33. The number of nitrogens with one attached hydrogen (secondary N) is 1. The Labute approximate surface area is 101 Å². The fraction of sp³-hybridized carbons (Fsp3) is 0.462. The molecule has 4 heteroatoms. The van der Waals surface area contributed by atoms with Crippen LogP contribution in [0.5, 0.6) is 5.75 Å². The first-order chi connectivity index (χ1) is 7.75. The maximum absolute atomic E-state index is 12.0. The van der Waals surface area contributed by atoms with Crippen molar-refractivity contribution in [3.63, 3.8) is 0 Å². The molecule has 1 unspecified atom stereocenters. The summed E-state index contributed by atoms with van der Waals surface area (Å²) < 4.78 is 0. The summed E-state index contributed by atoms with van der Waals surface area (Å²) in [7, 11) is 0. The first kappa shape index (κ1) is 13.5. The summed E-state index contributed by atoms with van der Waals surface area (Å²) in [6, 6.07) is 4.79. The number of phenolic OH excluding ortho intramolecular Hbond substituents is 1. The molecule has 0 aliphatic rings. The molecule has 1 aromatic carbocycles. The minimum atomic E-state index is -0.713. The summed E-state index contributed by atoms with van der Waals surface area (Å²) in [6.45, 7) is 6.79. The lowest BCUT2D eigenvalue weighted by molar-refractivity contribution is 0.0708. The van der Waals surface area contributed by atoms with Crippen molar-refractivity contribution in [2.75, 3.05) is 0 Å². The number of carbonyl (C=O) groups is 1. The van der Waals surface area contributed by atoms with Gasteiger partial charge in [0.2, 0.25) is 0 Å². The van der Waals surface area contributed by atoms with E-state index in [-0.39, 0.29) is 11.7 Å². The van der Waals surface area contributed by atoms with E-state index in [1.807, 2.05) is 0 Å². The molecular weight excluding hydrogens is 218 g/mol. The molecule has 0 aromatic heterocycles. The molecule has 0 saturated carbocycles. The second-order valence-electron chi connectivity index (χ2n) is 4.80. The van der Waals surface area contributed by atoms with E-state index in [0.717, 1.165) is 0 Å². The molecule has 17 heavy (non-hydrogen) atoms. The number of hydrogen-bond acceptors (Lipinski definition) is 3. The van der Waals surface area contributed by atoms with Crippen LogP contribution in [0.15, 0.2) is 18.2 Å². The molecule has 0 aliphatic heterocycles. The summed E-state index contributed by atoms with van der Waals surface area (Å²) in [4.78, 5) is 12.0. The highest BCUT2D eigenvalue weighted by atomic mass is 16.3. The second-order valence-corrected chi connectivity index (χ2v) is 4.80. The predicted octanol–water partition coefficient (Wildman–Crippen LogP) is 1.59. The van der Waals surface area contributed by atoms with E-state index in [2.05, 4.69) is 5.32 Å². The largest absolute Gasteiger partial charge is 0.508 e. The Balaban J connectivity index is 2.95. The standard InChI is InChI=1S/C13H19NO3/c1-8-10(6-5-7-11(8)16)12(17)14-13(3,4)9(2)15/h5-7,9,15-16H,1-4H3,(H,14,17). The van der Waals surface area contributed by atoms with E-state index >= 15 is 0 Å². The molecule has 4 nitrogen and oxygen atoms in total. The van der Waals surface area contributed by atoms with Crippen molar-refractivity contribution in [3.05, 3.63) is 29.3 Å². The molecule has 1 aromatic rings. The minimum Gasteiger partial charge on any atom is -0.508 e. The summed E-state index contributed by atoms with van der Waals surface area (Å²) >= 11 is 0. The van der Waals surface area contributed by atoms with Crippen molar-refractivity contribution in [1.29, 1.82) is 0 Å². The van der Waals surface area contributed by atoms with Crippen LogP contribution in [0.2, 0.25) is 0 Å². The van der Waals surface area contributed by atoms with Crippen molar-refractivity contribution in [2.24, 2.45) is 0 Å². The van der Waals surface area contributed by atoms with Crippen molar-refractivity contribution < 1.29 is 15.0 Å². The van der Waals surface area contributed by atoms with Crippen LogP contribution in [0.3, 0.4) is 0 Å². The van der Waals surface area contributed by atoms with Crippen LogP contribution < -0.4 is 5.32 Å². The minimum absolute atomic E-state index is 0.0903. The zero-order chi connectivity index (χ0) is 13.2. The quantitative estimate of drug-likeness (QED) is 0.747. The van der Waals surface area contributed by atoms with Gasteiger partial charge in [0.15, 0.2) is 0 Å². The van der Waals surface area contributed by atoms with Crippen LogP contribution in [0.25, 0.3) is 0 Å². The smallest absolute Gasteiger partial charge is 0.252 e. The zero-order valence-corrected chi connectivity index (χ0v) is 10.6. The lowest BCUT2D eigenvalue weighted by atomic mass is 9.97. The topological polar surface area (TPSA) is 69.6 Å². The molecule has 0 saturated heterocycles. The average Bonchev–Trinajstić information content (AvgIpc) is 2.21. The molecule has 94 valence electrons. The number of aromatic hydroxyl groups is 1. The second kappa shape index (κ2) is 4.75. The number of carbonyl (C=O) groups excluding carboxylic acids is 1. The predicted molar refractivity (Wildman–Crippen MR) is 66.1 cm³/mol. The van der Waals surface area contributed by atoms with Crippen LogP contribution in [-0.2, 0) is 0 Å². The van der Waals surface area contributed by atoms with Gasteiger partial charge >= 0.3 is 0 Å². The number of amides is 1. The van der Waals surface area contributed by atoms with E-state index in [4.69, 9.17) is 0 Å². The van der Waals surface area contributed by atoms with Gasteiger partial charge in [0.1, 0.15) is 5.75 Å². The molecule has 0 radical (unpaired) electrons. The molecule has 1 rings (SSSR count). The van der Waals surface area contributed by atoms with Gasteiger partial charge in [-0.3, -0.25) is 4.79 Å². The van der Waals surface area contributed by atoms with Crippen LogP contribution in [0, 0.1) is 6.92 Å². The molecular formula is C13H19NO3. The Morgan fingerprint density at radius 1 is 1.41 bits per heavy atom. The SMILES string of the molecule is Cc1c(O)cccc1C(=O)NC(C)(C)C(C)O. The Bertz CT molecular complexity index is 425. The summed E-state index contributed by atoms with van der Waals surface area (Å²) in [6.07, 6.45) is -0.663. The maximum atomic E-state index is 12.0. The van der Waals surface area contributed by atoms with Crippen LogP contribution in [-0.4, -0.2) is 27.8 Å². The normalized spacial score (nSPS) is 13.2. The molecule has 3 N–H and O–H groups in total. The Hall–Kier alpha value is -1.55. The van der Waals surface area contributed by atoms with Crippen LogP contribution in [0.1, 0.15) is 36.7 Å². The molecule has 0 bridgehead atoms. The fourth-order valence-electron chi connectivity index (χ4n) is 1.33. The van der Waals surface area contributed by atoms with Crippen molar-refractivity contribution in [2.45, 2.75) is 39.3 Å². The van der Waals surface area contributed by atoms with Gasteiger partial charge in [-0.15, -0.1) is 0 Å². The monoisotopic (exact) mass is 237 g/mol. The Kier molecular flexibility index (Phi) is 3.78. The first-order valence-electron chi connectivity index (χ1n) is 5.55. The lowest BCUT2D eigenvalue weighted by Gasteiger charge is -2.29. The van der Waals surface area contributed by atoms with Gasteiger partial charge in [-0.2, -0.15) is 0 Å². The van der Waals surface area contributed by atoms with Gasteiger partial charge in [0, 0.05) is 11.1 Å².